The Bertz CT molecular complexity index is 2020. The number of H-pyrrole nitrogens is 1. The van der Waals surface area contributed by atoms with Crippen LogP contribution in [0.25, 0.3) is 11.0 Å². The first-order chi connectivity index (χ1) is 21.7. The highest BCUT2D eigenvalue weighted by Gasteiger charge is 2.22. The highest BCUT2D eigenvalue weighted by molar-refractivity contribution is 6.05. The van der Waals surface area contributed by atoms with Crippen molar-refractivity contribution in [1.82, 2.24) is 25.6 Å². The van der Waals surface area contributed by atoms with Gasteiger partial charge in [0, 0.05) is 38.4 Å². The Labute approximate surface area is 253 Å². The van der Waals surface area contributed by atoms with E-state index in [-0.39, 0.29) is 60.3 Å². The highest BCUT2D eigenvalue weighted by atomic mass is 19.1. The number of rotatable bonds is 11. The zero-order valence-corrected chi connectivity index (χ0v) is 23.8. The van der Waals surface area contributed by atoms with Gasteiger partial charge < -0.3 is 36.1 Å². The van der Waals surface area contributed by atoms with Crippen molar-refractivity contribution >= 4 is 39.9 Å². The molecule has 2 aromatic heterocycles. The number of aliphatic hydroxyl groups excluding tert-OH is 1. The summed E-state index contributed by atoms with van der Waals surface area (Å²) in [5.74, 6) is -0.658. The van der Waals surface area contributed by atoms with Crippen LogP contribution in [0, 0.1) is 5.82 Å². The van der Waals surface area contributed by atoms with E-state index in [9.17, 15) is 28.7 Å². The summed E-state index contributed by atoms with van der Waals surface area (Å²) in [7, 11) is 1.52. The first-order valence-corrected chi connectivity index (χ1v) is 13.8. The van der Waals surface area contributed by atoms with Crippen molar-refractivity contribution in [3.05, 3.63) is 103 Å². The molecule has 0 radical (unpaired) electrons. The second-order valence-electron chi connectivity index (χ2n) is 10.3. The number of hydrogen-bond acceptors (Lipinski definition) is 11. The van der Waals surface area contributed by atoms with Crippen molar-refractivity contribution in [2.75, 3.05) is 29.6 Å². The Kier molecular flexibility index (Phi) is 7.93. The number of ether oxygens (including phenoxy) is 1. The third-order valence-corrected chi connectivity index (χ3v) is 7.35. The number of carbonyl (C=O) groups is 2. The minimum atomic E-state index is -1.22. The van der Waals surface area contributed by atoms with Gasteiger partial charge in [-0.15, -0.1) is 0 Å². The van der Waals surface area contributed by atoms with Crippen molar-refractivity contribution in [2.45, 2.75) is 25.9 Å². The quantitative estimate of drug-likeness (QED) is 0.0838. The molecule has 7 N–H and O–H groups in total. The fourth-order valence-corrected chi connectivity index (χ4v) is 5.02. The number of halogens is 1. The molecule has 1 atom stereocenters. The van der Waals surface area contributed by atoms with Crippen molar-refractivity contribution in [3.8, 4) is 5.75 Å². The molecule has 45 heavy (non-hydrogen) atoms. The van der Waals surface area contributed by atoms with Crippen LogP contribution in [-0.4, -0.2) is 45.5 Å². The predicted octanol–water partition coefficient (Wildman–Crippen LogP) is 1.39. The van der Waals surface area contributed by atoms with Crippen LogP contribution in [0.2, 0.25) is 0 Å². The summed E-state index contributed by atoms with van der Waals surface area (Å²) in [5, 5.41) is 24.8. The van der Waals surface area contributed by atoms with E-state index in [2.05, 4.69) is 41.5 Å². The third kappa shape index (κ3) is 5.81. The van der Waals surface area contributed by atoms with Gasteiger partial charge in [-0.2, -0.15) is 0 Å². The lowest BCUT2D eigenvalue weighted by atomic mass is 10.1. The maximum absolute atomic E-state index is 14.5. The second kappa shape index (κ2) is 12.1. The van der Waals surface area contributed by atoms with Crippen LogP contribution in [0.3, 0.4) is 0 Å². The number of fused-ring (bicyclic) bond motifs is 2. The number of amides is 2. The average Bonchev–Trinajstić information content (AvgIpc) is 3.49. The van der Waals surface area contributed by atoms with Crippen molar-refractivity contribution in [1.29, 1.82) is 0 Å². The Morgan fingerprint density at radius 1 is 1.04 bits per heavy atom. The van der Waals surface area contributed by atoms with Gasteiger partial charge in [0.25, 0.3) is 22.7 Å². The van der Waals surface area contributed by atoms with E-state index in [0.717, 1.165) is 5.56 Å². The molecule has 0 bridgehead atoms. The molecular weight excluding hydrogens is 587 g/mol. The lowest BCUT2D eigenvalue weighted by Crippen LogP contribution is -2.36. The van der Waals surface area contributed by atoms with E-state index in [0.29, 0.717) is 28.0 Å². The molecule has 230 valence electrons. The van der Waals surface area contributed by atoms with Gasteiger partial charge in [0.2, 0.25) is 0 Å². The topological polar surface area (TPSA) is 199 Å². The maximum atomic E-state index is 14.5. The van der Waals surface area contributed by atoms with Crippen LogP contribution >= 0.6 is 0 Å². The van der Waals surface area contributed by atoms with E-state index >= 15 is 0 Å². The average molecular weight is 615 g/mol. The third-order valence-electron chi connectivity index (χ3n) is 7.35. The normalized spacial score (nSPS) is 13.2. The number of benzene rings is 2. The number of hydrogen-bond donors (Lipinski definition) is 7. The van der Waals surface area contributed by atoms with E-state index in [4.69, 9.17) is 4.74 Å². The molecule has 15 heteroatoms. The summed E-state index contributed by atoms with van der Waals surface area (Å²) in [5.41, 5.74) is 2.23. The molecule has 5 aromatic rings. The van der Waals surface area contributed by atoms with Crippen LogP contribution in [0.5, 0.6) is 5.75 Å². The predicted molar refractivity (Wildman–Crippen MR) is 162 cm³/mol. The largest absolute Gasteiger partial charge is 0.482 e. The summed E-state index contributed by atoms with van der Waals surface area (Å²) in [4.78, 5) is 59.5. The summed E-state index contributed by atoms with van der Waals surface area (Å²) in [6.07, 6.45) is 1.49. The van der Waals surface area contributed by atoms with Crippen molar-refractivity contribution in [2.24, 2.45) is 0 Å². The van der Waals surface area contributed by atoms with Gasteiger partial charge in [-0.05, 0) is 35.4 Å². The van der Waals surface area contributed by atoms with Gasteiger partial charge >= 0.3 is 0 Å². The number of nitrogens with one attached hydrogen (secondary N) is 6. The van der Waals surface area contributed by atoms with Gasteiger partial charge in [0.05, 0.1) is 16.8 Å². The number of aliphatic hydroxyl groups is 1. The maximum Gasteiger partial charge on any atom is 0.262 e. The standard InChI is InChI=1S/C30H27FN8O6/c1-32-24-25(28(42)27(24)41)33-10-16-6-14(2-4-18(16)31)8-35-29(43)17-11-34-23-22(17)37-13-38-26(23)30(44)36-9-15-3-5-20-19(7-15)39-21(40)12-45-20/h2-7,11,13,30,32-34,36,44H,8-10,12H2,1H3,(H,35,43)(H,39,40). The first-order valence-electron chi connectivity index (χ1n) is 13.8. The fourth-order valence-electron chi connectivity index (χ4n) is 5.02. The highest BCUT2D eigenvalue weighted by Crippen LogP contribution is 2.29. The lowest BCUT2D eigenvalue weighted by Gasteiger charge is -2.19. The molecule has 14 nitrogen and oxygen atoms in total. The van der Waals surface area contributed by atoms with E-state index < -0.39 is 28.8 Å². The summed E-state index contributed by atoms with van der Waals surface area (Å²) < 4.78 is 19.8. The van der Waals surface area contributed by atoms with Crippen LogP contribution in [-0.2, 0) is 24.4 Å². The molecule has 2 amide bonds. The fraction of sp³-hybridized carbons (Fsp3) is 0.200. The lowest BCUT2D eigenvalue weighted by molar-refractivity contribution is -0.118. The van der Waals surface area contributed by atoms with Crippen LogP contribution in [0.4, 0.5) is 21.5 Å². The SMILES string of the molecule is CNc1c(NCc2cc(CNC(=O)c3c[nH]c4c(C(O)NCc5ccc6c(c5)NC(=O)CO6)ncnc34)ccc2F)c(=O)c1=O. The molecule has 1 aliphatic heterocycles. The molecule has 1 aliphatic rings. The van der Waals surface area contributed by atoms with Crippen LogP contribution in [0.15, 0.2) is 58.5 Å². The Hall–Kier alpha value is -5.67. The van der Waals surface area contributed by atoms with Crippen LogP contribution in [0.1, 0.15) is 39.0 Å². The molecule has 3 heterocycles. The number of nitrogens with zero attached hydrogens (tertiary/aromatic N) is 2. The number of carbonyl (C=O) groups excluding carboxylic acids is 2. The summed E-state index contributed by atoms with van der Waals surface area (Å²) in [6.45, 7) is 0.222. The molecule has 0 saturated carbocycles. The zero-order chi connectivity index (χ0) is 31.7. The molecule has 0 fully saturated rings. The van der Waals surface area contributed by atoms with E-state index in [1.165, 1.54) is 31.7 Å². The number of anilines is 3. The van der Waals surface area contributed by atoms with Crippen molar-refractivity contribution in [3.63, 3.8) is 0 Å². The monoisotopic (exact) mass is 614 g/mol. The minimum absolute atomic E-state index is 0.0386. The first kappa shape index (κ1) is 29.4. The van der Waals surface area contributed by atoms with Crippen molar-refractivity contribution < 1.29 is 23.8 Å². The molecular formula is C30H27FN8O6. The zero-order valence-electron chi connectivity index (χ0n) is 23.8. The molecule has 3 aromatic carbocycles. The number of aromatic nitrogens is 3. The van der Waals surface area contributed by atoms with Gasteiger partial charge in [0.15, 0.2) is 12.8 Å². The molecule has 1 unspecified atom stereocenters. The van der Waals surface area contributed by atoms with Gasteiger partial charge in [-0.1, -0.05) is 12.1 Å². The number of aromatic amines is 1. The Morgan fingerprint density at radius 3 is 2.64 bits per heavy atom. The summed E-state index contributed by atoms with van der Waals surface area (Å²) in [6, 6.07) is 9.61. The van der Waals surface area contributed by atoms with E-state index in [1.807, 2.05) is 0 Å². The van der Waals surface area contributed by atoms with E-state index in [1.54, 1.807) is 24.3 Å². The van der Waals surface area contributed by atoms with Gasteiger partial charge in [-0.25, -0.2) is 14.4 Å². The molecule has 0 aliphatic carbocycles. The molecule has 0 spiro atoms. The molecule has 0 saturated heterocycles. The summed E-state index contributed by atoms with van der Waals surface area (Å²) >= 11 is 0. The minimum Gasteiger partial charge on any atom is -0.482 e. The Balaban J connectivity index is 1.10. The smallest absolute Gasteiger partial charge is 0.262 e. The molecule has 6 rings (SSSR count). The Morgan fingerprint density at radius 2 is 1.82 bits per heavy atom. The van der Waals surface area contributed by atoms with Crippen LogP contribution < -0.4 is 42.2 Å². The second-order valence-corrected chi connectivity index (χ2v) is 10.3. The van der Waals surface area contributed by atoms with Gasteiger partial charge in [0.1, 0.15) is 40.5 Å². The van der Waals surface area contributed by atoms with Gasteiger partial charge in [-0.3, -0.25) is 24.5 Å².